The largest absolute Gasteiger partial charge is 0.488 e. The fraction of sp³-hybridized carbons (Fsp3) is 0.278. The summed E-state index contributed by atoms with van der Waals surface area (Å²) >= 11 is 0. The molecule has 8 heteroatoms. The Bertz CT molecular complexity index is 890. The van der Waals surface area contributed by atoms with Gasteiger partial charge in [-0.2, -0.15) is 0 Å². The van der Waals surface area contributed by atoms with Crippen LogP contribution in [0.25, 0.3) is 0 Å². The maximum atomic E-state index is 11.9. The highest BCUT2D eigenvalue weighted by molar-refractivity contribution is 7.90. The fourth-order valence-electron chi connectivity index (χ4n) is 2.29. The summed E-state index contributed by atoms with van der Waals surface area (Å²) in [6.45, 7) is 2.10. The molecule has 2 rings (SSSR count). The Morgan fingerprint density at radius 3 is 2.42 bits per heavy atom. The quantitative estimate of drug-likeness (QED) is 0.751. The van der Waals surface area contributed by atoms with Gasteiger partial charge in [0.15, 0.2) is 9.84 Å². The summed E-state index contributed by atoms with van der Waals surface area (Å²) < 4.78 is 40.1. The average Bonchev–Trinajstić information content (AvgIpc) is 2.54. The van der Waals surface area contributed by atoms with Crippen LogP contribution in [0.1, 0.15) is 17.3 Å². The number of hydrogen-bond donors (Lipinski definition) is 1. The van der Waals surface area contributed by atoms with E-state index in [1.54, 1.807) is 19.1 Å². The third kappa shape index (κ3) is 5.21. The molecular formula is C18H20O7S. The summed E-state index contributed by atoms with van der Waals surface area (Å²) in [5, 5.41) is 9.29. The summed E-state index contributed by atoms with van der Waals surface area (Å²) in [6.07, 6.45) is 0.768. The van der Waals surface area contributed by atoms with Gasteiger partial charge in [-0.05, 0) is 31.2 Å². The highest BCUT2D eigenvalue weighted by Crippen LogP contribution is 2.32. The zero-order valence-electron chi connectivity index (χ0n) is 14.6. The predicted molar refractivity (Wildman–Crippen MR) is 95.0 cm³/mol. The molecule has 0 aromatic heterocycles. The lowest BCUT2D eigenvalue weighted by atomic mass is 10.2. The van der Waals surface area contributed by atoms with E-state index in [0.29, 0.717) is 6.61 Å². The standard InChI is InChI=1S/C18H20O7S/c1-12(11-23-2)24-14-8-13(18(19)20)9-15(10-14)25-16-6-4-5-7-17(16)26(3,21)22/h4-10,12H,11H2,1-3H3,(H,19,20). The number of carboxylic acids is 1. The maximum Gasteiger partial charge on any atom is 0.335 e. The Morgan fingerprint density at radius 2 is 1.81 bits per heavy atom. The van der Waals surface area contributed by atoms with Gasteiger partial charge in [-0.25, -0.2) is 13.2 Å². The molecule has 1 unspecified atom stereocenters. The number of methoxy groups -OCH3 is 1. The molecule has 0 bridgehead atoms. The lowest BCUT2D eigenvalue weighted by Gasteiger charge is -2.16. The van der Waals surface area contributed by atoms with Gasteiger partial charge in [-0.1, -0.05) is 12.1 Å². The molecule has 0 aliphatic carbocycles. The minimum atomic E-state index is -3.51. The summed E-state index contributed by atoms with van der Waals surface area (Å²) in [7, 11) is -1.97. The van der Waals surface area contributed by atoms with Crippen molar-refractivity contribution in [1.82, 2.24) is 0 Å². The first kappa shape index (κ1) is 19.7. The number of hydrogen-bond acceptors (Lipinski definition) is 6. The van der Waals surface area contributed by atoms with E-state index in [9.17, 15) is 18.3 Å². The molecule has 0 aliphatic rings. The molecule has 2 aromatic carbocycles. The van der Waals surface area contributed by atoms with Crippen LogP contribution < -0.4 is 9.47 Å². The third-order valence-electron chi connectivity index (χ3n) is 3.34. The SMILES string of the molecule is COCC(C)Oc1cc(Oc2ccccc2S(C)(=O)=O)cc(C(=O)O)c1. The van der Waals surface area contributed by atoms with Crippen molar-refractivity contribution in [3.63, 3.8) is 0 Å². The van der Waals surface area contributed by atoms with Gasteiger partial charge in [0.05, 0.1) is 12.2 Å². The first-order chi connectivity index (χ1) is 12.2. The molecule has 0 saturated carbocycles. The number of ether oxygens (including phenoxy) is 3. The van der Waals surface area contributed by atoms with Crippen LogP contribution in [-0.2, 0) is 14.6 Å². The number of benzene rings is 2. The van der Waals surface area contributed by atoms with Gasteiger partial charge in [0, 0.05) is 19.4 Å². The van der Waals surface area contributed by atoms with E-state index in [2.05, 4.69) is 0 Å². The number of sulfone groups is 1. The van der Waals surface area contributed by atoms with Gasteiger partial charge in [0.1, 0.15) is 28.2 Å². The molecule has 26 heavy (non-hydrogen) atoms. The molecule has 1 N–H and O–H groups in total. The minimum Gasteiger partial charge on any atom is -0.488 e. The van der Waals surface area contributed by atoms with Crippen molar-refractivity contribution in [2.24, 2.45) is 0 Å². The molecule has 1 atom stereocenters. The van der Waals surface area contributed by atoms with Crippen molar-refractivity contribution in [2.75, 3.05) is 20.0 Å². The van der Waals surface area contributed by atoms with E-state index >= 15 is 0 Å². The zero-order valence-corrected chi connectivity index (χ0v) is 15.4. The first-order valence-corrected chi connectivity index (χ1v) is 9.60. The highest BCUT2D eigenvalue weighted by atomic mass is 32.2. The number of rotatable bonds is 8. The van der Waals surface area contributed by atoms with Crippen LogP contribution in [0.5, 0.6) is 17.2 Å². The van der Waals surface area contributed by atoms with Crippen LogP contribution in [-0.4, -0.2) is 45.6 Å². The minimum absolute atomic E-state index is 0.0101. The van der Waals surface area contributed by atoms with Gasteiger partial charge >= 0.3 is 5.97 Å². The molecule has 2 aromatic rings. The Morgan fingerprint density at radius 1 is 1.15 bits per heavy atom. The predicted octanol–water partition coefficient (Wildman–Crippen LogP) is 2.99. The van der Waals surface area contributed by atoms with E-state index in [0.717, 1.165) is 6.26 Å². The van der Waals surface area contributed by atoms with Gasteiger partial charge in [-0.15, -0.1) is 0 Å². The van der Waals surface area contributed by atoms with Crippen molar-refractivity contribution in [3.8, 4) is 17.2 Å². The summed E-state index contributed by atoms with van der Waals surface area (Å²) in [5.74, 6) is -0.619. The average molecular weight is 380 g/mol. The first-order valence-electron chi connectivity index (χ1n) is 7.71. The second kappa shape index (κ2) is 8.20. The van der Waals surface area contributed by atoms with Crippen LogP contribution in [0, 0.1) is 0 Å². The number of aromatic carboxylic acids is 1. The van der Waals surface area contributed by atoms with Crippen LogP contribution >= 0.6 is 0 Å². The van der Waals surface area contributed by atoms with E-state index in [4.69, 9.17) is 14.2 Å². The van der Waals surface area contributed by atoms with Gasteiger partial charge in [0.25, 0.3) is 0 Å². The second-order valence-electron chi connectivity index (χ2n) is 5.70. The maximum absolute atomic E-state index is 11.9. The van der Waals surface area contributed by atoms with Crippen molar-refractivity contribution < 1.29 is 32.5 Å². The summed E-state index contributed by atoms with van der Waals surface area (Å²) in [4.78, 5) is 11.4. The van der Waals surface area contributed by atoms with Crippen LogP contribution in [0.15, 0.2) is 47.4 Å². The molecule has 140 valence electrons. The monoisotopic (exact) mass is 380 g/mol. The Kier molecular flexibility index (Phi) is 6.23. The van der Waals surface area contributed by atoms with Crippen LogP contribution in [0.4, 0.5) is 0 Å². The lowest BCUT2D eigenvalue weighted by Crippen LogP contribution is -2.18. The molecule has 7 nitrogen and oxygen atoms in total. The molecule has 0 aliphatic heterocycles. The second-order valence-corrected chi connectivity index (χ2v) is 7.69. The normalized spacial score (nSPS) is 12.4. The van der Waals surface area contributed by atoms with Gasteiger partial charge in [-0.3, -0.25) is 0 Å². The van der Waals surface area contributed by atoms with Crippen molar-refractivity contribution in [3.05, 3.63) is 48.0 Å². The molecule has 0 fully saturated rings. The Balaban J connectivity index is 2.41. The number of para-hydroxylation sites is 1. The lowest BCUT2D eigenvalue weighted by molar-refractivity contribution is 0.0693. The number of carboxylic acid groups (broad SMARTS) is 1. The molecular weight excluding hydrogens is 360 g/mol. The van der Waals surface area contributed by atoms with Gasteiger partial charge < -0.3 is 19.3 Å². The highest BCUT2D eigenvalue weighted by Gasteiger charge is 2.16. The number of carbonyl (C=O) groups is 1. The fourth-order valence-corrected chi connectivity index (χ4v) is 3.09. The Hall–Kier alpha value is -2.58. The van der Waals surface area contributed by atoms with Crippen LogP contribution in [0.3, 0.4) is 0 Å². The van der Waals surface area contributed by atoms with Crippen LogP contribution in [0.2, 0.25) is 0 Å². The molecule has 0 amide bonds. The van der Waals surface area contributed by atoms with Crippen molar-refractivity contribution >= 4 is 15.8 Å². The van der Waals surface area contributed by atoms with E-state index in [-0.39, 0.29) is 33.8 Å². The van der Waals surface area contributed by atoms with E-state index in [1.165, 1.54) is 37.4 Å². The molecule has 0 spiro atoms. The zero-order chi connectivity index (χ0) is 19.3. The smallest absolute Gasteiger partial charge is 0.335 e. The Labute approximate surface area is 152 Å². The molecule has 0 heterocycles. The van der Waals surface area contributed by atoms with E-state index < -0.39 is 15.8 Å². The molecule has 0 radical (unpaired) electrons. The topological polar surface area (TPSA) is 99.1 Å². The van der Waals surface area contributed by atoms with Crippen molar-refractivity contribution in [2.45, 2.75) is 17.9 Å². The third-order valence-corrected chi connectivity index (χ3v) is 4.48. The van der Waals surface area contributed by atoms with Crippen molar-refractivity contribution in [1.29, 1.82) is 0 Å². The summed E-state index contributed by atoms with van der Waals surface area (Å²) in [5.41, 5.74) is -0.0426. The van der Waals surface area contributed by atoms with E-state index in [1.807, 2.05) is 0 Å². The van der Waals surface area contributed by atoms with Gasteiger partial charge in [0.2, 0.25) is 0 Å². The molecule has 0 saturated heterocycles. The summed E-state index contributed by atoms with van der Waals surface area (Å²) in [6, 6.07) is 10.3.